The van der Waals surface area contributed by atoms with Crippen LogP contribution in [-0.2, 0) is 4.79 Å². The van der Waals surface area contributed by atoms with Gasteiger partial charge in [-0.25, -0.2) is 0 Å². The normalized spacial score (nSPS) is 13.9. The zero-order chi connectivity index (χ0) is 17.8. The van der Waals surface area contributed by atoms with Gasteiger partial charge in [0, 0.05) is 11.6 Å². The highest BCUT2D eigenvalue weighted by atomic mass is 16.4. The van der Waals surface area contributed by atoms with Crippen molar-refractivity contribution in [3.8, 4) is 0 Å². The second kappa shape index (κ2) is 11.3. The van der Waals surface area contributed by atoms with Crippen LogP contribution in [0.25, 0.3) is 10.8 Å². The molecule has 1 aliphatic rings. The first-order valence-corrected chi connectivity index (χ1v) is 8.19. The Kier molecular flexibility index (Phi) is 9.34. The molecule has 3 rings (SSSR count). The molecule has 0 unspecified atom stereocenters. The van der Waals surface area contributed by atoms with Crippen molar-refractivity contribution in [1.29, 1.82) is 0 Å². The number of benzene rings is 2. The third-order valence-electron chi connectivity index (χ3n) is 3.77. The molecule has 5 N–H and O–H groups in total. The third kappa shape index (κ3) is 7.35. The quantitative estimate of drug-likeness (QED) is 0.734. The molecule has 2 aromatic rings. The van der Waals surface area contributed by atoms with E-state index in [9.17, 15) is 9.59 Å². The summed E-state index contributed by atoms with van der Waals surface area (Å²) in [6.45, 7) is -0.278. The van der Waals surface area contributed by atoms with Crippen molar-refractivity contribution in [1.82, 2.24) is 0 Å². The van der Waals surface area contributed by atoms with Crippen molar-refractivity contribution >= 4 is 23.0 Å². The Bertz CT molecular complexity index is 632. The van der Waals surface area contributed by atoms with Gasteiger partial charge < -0.3 is 16.6 Å². The number of carbonyl (C=O) groups excluding carboxylic acids is 1. The zero-order valence-corrected chi connectivity index (χ0v) is 13.9. The average molecular weight is 330 g/mol. The Morgan fingerprint density at radius 2 is 1.67 bits per heavy atom. The molecule has 24 heavy (non-hydrogen) atoms. The highest BCUT2D eigenvalue weighted by Crippen LogP contribution is 2.16. The molecule has 5 heteroatoms. The molecular weight excluding hydrogens is 304 g/mol. The maximum Gasteiger partial charge on any atom is 0.317 e. The summed E-state index contributed by atoms with van der Waals surface area (Å²) in [5.41, 5.74) is 11.0. The minimum atomic E-state index is -0.968. The molecule has 0 saturated heterocycles. The largest absolute Gasteiger partial charge is 0.480 e. The van der Waals surface area contributed by atoms with Crippen LogP contribution < -0.4 is 11.5 Å². The highest BCUT2D eigenvalue weighted by molar-refractivity contribution is 5.97. The lowest BCUT2D eigenvalue weighted by atomic mass is 9.97. The Morgan fingerprint density at radius 1 is 1.08 bits per heavy atom. The lowest BCUT2D eigenvalue weighted by Gasteiger charge is -2.15. The molecule has 0 amide bonds. The molecule has 5 nitrogen and oxygen atoms in total. The summed E-state index contributed by atoms with van der Waals surface area (Å²) in [5.74, 6) is -0.968. The van der Waals surface area contributed by atoms with Crippen molar-refractivity contribution in [2.45, 2.75) is 38.1 Å². The molecule has 130 valence electrons. The van der Waals surface area contributed by atoms with Crippen LogP contribution in [-0.4, -0.2) is 29.9 Å². The molecule has 1 saturated carbocycles. The van der Waals surface area contributed by atoms with Crippen molar-refractivity contribution in [2.24, 2.45) is 11.5 Å². The molecular formula is C19H26N2O3. The van der Waals surface area contributed by atoms with Crippen LogP contribution >= 0.6 is 0 Å². The molecule has 0 atom stereocenters. The highest BCUT2D eigenvalue weighted by Gasteiger charge is 2.06. The summed E-state index contributed by atoms with van der Waals surface area (Å²) in [6.07, 6.45) is 7.55. The fraction of sp³-hybridized carbons (Fsp3) is 0.368. The molecule has 1 aliphatic carbocycles. The van der Waals surface area contributed by atoms with Crippen LogP contribution in [0.1, 0.15) is 42.5 Å². The number of nitrogens with two attached hydrogens (primary N) is 2. The molecule has 0 radical (unpaired) electrons. The lowest BCUT2D eigenvalue weighted by Crippen LogP contribution is -2.22. The van der Waals surface area contributed by atoms with E-state index in [0.29, 0.717) is 6.04 Å². The second-order valence-corrected chi connectivity index (χ2v) is 5.68. The molecule has 0 heterocycles. The van der Waals surface area contributed by atoms with Crippen molar-refractivity contribution in [3.05, 3.63) is 48.0 Å². The maximum atomic E-state index is 10.6. The standard InChI is InChI=1S/C11H8O.C6H13N.C2H5NO2/c12-8-10-6-3-5-9-4-1-2-7-11(9)10;7-6-4-2-1-3-5-6;3-1-2(4)5/h1-8H;6H,1-5,7H2;1,3H2,(H,4,5). The van der Waals surface area contributed by atoms with Crippen LogP contribution in [0.15, 0.2) is 42.5 Å². The summed E-state index contributed by atoms with van der Waals surface area (Å²) >= 11 is 0. The van der Waals surface area contributed by atoms with E-state index in [1.165, 1.54) is 32.1 Å². The van der Waals surface area contributed by atoms with Crippen molar-refractivity contribution in [2.75, 3.05) is 6.54 Å². The topological polar surface area (TPSA) is 106 Å². The van der Waals surface area contributed by atoms with E-state index < -0.39 is 5.97 Å². The predicted molar refractivity (Wildman–Crippen MR) is 97.1 cm³/mol. The van der Waals surface area contributed by atoms with Crippen molar-refractivity contribution in [3.63, 3.8) is 0 Å². The SMILES string of the molecule is NC1CCCCC1.NCC(=O)O.O=Cc1cccc2ccccc12. The summed E-state index contributed by atoms with van der Waals surface area (Å²) in [7, 11) is 0. The molecule has 0 spiro atoms. The van der Waals surface area contributed by atoms with E-state index in [1.807, 2.05) is 42.5 Å². The van der Waals surface area contributed by atoms with Crippen LogP contribution in [0.5, 0.6) is 0 Å². The smallest absolute Gasteiger partial charge is 0.317 e. The van der Waals surface area contributed by atoms with Gasteiger partial charge in [0.2, 0.25) is 0 Å². The number of hydrogen-bond acceptors (Lipinski definition) is 4. The molecule has 0 aromatic heterocycles. The number of hydrogen-bond donors (Lipinski definition) is 3. The van der Waals surface area contributed by atoms with Gasteiger partial charge in [0.15, 0.2) is 6.29 Å². The Morgan fingerprint density at radius 3 is 2.17 bits per heavy atom. The van der Waals surface area contributed by atoms with Gasteiger partial charge in [0.25, 0.3) is 0 Å². The van der Waals surface area contributed by atoms with E-state index in [2.05, 4.69) is 5.73 Å². The van der Waals surface area contributed by atoms with E-state index in [0.717, 1.165) is 22.6 Å². The number of rotatable bonds is 2. The first kappa shape index (κ1) is 19.8. The lowest BCUT2D eigenvalue weighted by molar-refractivity contribution is -0.135. The van der Waals surface area contributed by atoms with E-state index in [-0.39, 0.29) is 6.54 Å². The summed E-state index contributed by atoms with van der Waals surface area (Å²) in [6, 6.07) is 14.1. The fourth-order valence-electron chi connectivity index (χ4n) is 2.49. The average Bonchev–Trinajstić information content (AvgIpc) is 2.63. The maximum absolute atomic E-state index is 10.6. The number of aliphatic carboxylic acids is 1. The van der Waals surface area contributed by atoms with E-state index in [1.54, 1.807) is 0 Å². The van der Waals surface area contributed by atoms with Gasteiger partial charge in [-0.15, -0.1) is 0 Å². The second-order valence-electron chi connectivity index (χ2n) is 5.68. The molecule has 0 bridgehead atoms. The summed E-state index contributed by atoms with van der Waals surface area (Å²) in [5, 5.41) is 9.73. The van der Waals surface area contributed by atoms with Gasteiger partial charge in [-0.1, -0.05) is 61.7 Å². The molecule has 1 fully saturated rings. The Balaban J connectivity index is 0.000000205. The predicted octanol–water partition coefficient (Wildman–Crippen LogP) is 2.96. The number of fused-ring (bicyclic) bond motifs is 1. The van der Waals surface area contributed by atoms with Gasteiger partial charge in [0.05, 0.1) is 6.54 Å². The summed E-state index contributed by atoms with van der Waals surface area (Å²) in [4.78, 5) is 19.9. The third-order valence-corrected chi connectivity index (χ3v) is 3.77. The molecule has 2 aromatic carbocycles. The number of carboxylic acid groups (broad SMARTS) is 1. The minimum Gasteiger partial charge on any atom is -0.480 e. The number of carbonyl (C=O) groups is 2. The zero-order valence-electron chi connectivity index (χ0n) is 13.9. The van der Waals surface area contributed by atoms with Crippen LogP contribution in [0.3, 0.4) is 0 Å². The first-order chi connectivity index (χ1) is 11.6. The van der Waals surface area contributed by atoms with Gasteiger partial charge in [-0.05, 0) is 23.6 Å². The molecule has 0 aliphatic heterocycles. The number of aldehydes is 1. The van der Waals surface area contributed by atoms with Crippen LogP contribution in [0, 0.1) is 0 Å². The first-order valence-electron chi connectivity index (χ1n) is 8.19. The Labute approximate surface area is 142 Å². The minimum absolute atomic E-state index is 0.278. The Hall–Kier alpha value is -2.24. The van der Waals surface area contributed by atoms with Gasteiger partial charge >= 0.3 is 5.97 Å². The van der Waals surface area contributed by atoms with Crippen molar-refractivity contribution < 1.29 is 14.7 Å². The monoisotopic (exact) mass is 330 g/mol. The van der Waals surface area contributed by atoms with Crippen LogP contribution in [0.4, 0.5) is 0 Å². The van der Waals surface area contributed by atoms with Gasteiger partial charge in [-0.2, -0.15) is 0 Å². The summed E-state index contributed by atoms with van der Waals surface area (Å²) < 4.78 is 0. The van der Waals surface area contributed by atoms with Gasteiger partial charge in [-0.3, -0.25) is 9.59 Å². The van der Waals surface area contributed by atoms with Gasteiger partial charge in [0.1, 0.15) is 0 Å². The number of carboxylic acids is 1. The van der Waals surface area contributed by atoms with E-state index >= 15 is 0 Å². The fourth-order valence-corrected chi connectivity index (χ4v) is 2.49. The van der Waals surface area contributed by atoms with E-state index in [4.69, 9.17) is 10.8 Å². The van der Waals surface area contributed by atoms with Crippen LogP contribution in [0.2, 0.25) is 0 Å².